The van der Waals surface area contributed by atoms with E-state index in [0.29, 0.717) is 18.7 Å². The molecule has 1 N–H and O–H groups in total. The summed E-state index contributed by atoms with van der Waals surface area (Å²) in [6, 6.07) is 15.2. The van der Waals surface area contributed by atoms with Crippen molar-refractivity contribution in [1.82, 2.24) is 5.32 Å². The van der Waals surface area contributed by atoms with Crippen molar-refractivity contribution in [2.45, 2.75) is 6.92 Å². The number of carbonyl (C=O) groups is 1. The summed E-state index contributed by atoms with van der Waals surface area (Å²) in [5, 5.41) is 2.85. The zero-order valence-electron chi connectivity index (χ0n) is 11.2. The second-order valence-corrected chi connectivity index (χ2v) is 5.29. The minimum Gasteiger partial charge on any atom is -0.492 e. The summed E-state index contributed by atoms with van der Waals surface area (Å²) in [5.41, 5.74) is 1.63. The summed E-state index contributed by atoms with van der Waals surface area (Å²) in [7, 11) is 0. The summed E-state index contributed by atoms with van der Waals surface area (Å²) >= 11 is 3.37. The molecular formula is C16H16BrNO2. The molecule has 0 unspecified atom stereocenters. The van der Waals surface area contributed by atoms with Gasteiger partial charge in [-0.2, -0.15) is 0 Å². The number of benzene rings is 2. The minimum atomic E-state index is -0.0829. The van der Waals surface area contributed by atoms with Crippen LogP contribution in [-0.4, -0.2) is 19.1 Å². The monoisotopic (exact) mass is 333 g/mol. The van der Waals surface area contributed by atoms with Crippen molar-refractivity contribution in [1.29, 1.82) is 0 Å². The Morgan fingerprint density at radius 3 is 2.70 bits per heavy atom. The van der Waals surface area contributed by atoms with E-state index >= 15 is 0 Å². The second-order valence-electron chi connectivity index (χ2n) is 4.38. The highest BCUT2D eigenvalue weighted by Gasteiger charge is 2.08. The molecule has 0 heterocycles. The van der Waals surface area contributed by atoms with Crippen LogP contribution in [-0.2, 0) is 0 Å². The lowest BCUT2D eigenvalue weighted by Crippen LogP contribution is -2.28. The molecule has 3 nitrogen and oxygen atoms in total. The quantitative estimate of drug-likeness (QED) is 0.849. The van der Waals surface area contributed by atoms with Crippen LogP contribution >= 0.6 is 15.9 Å². The predicted octanol–water partition coefficient (Wildman–Crippen LogP) is 3.57. The molecule has 4 heteroatoms. The maximum atomic E-state index is 12.0. The highest BCUT2D eigenvalue weighted by atomic mass is 79.9. The average Bonchev–Trinajstić information content (AvgIpc) is 2.47. The third kappa shape index (κ3) is 4.10. The fraction of sp³-hybridized carbons (Fsp3) is 0.188. The van der Waals surface area contributed by atoms with Gasteiger partial charge in [0, 0.05) is 10.0 Å². The Hall–Kier alpha value is -1.81. The Kier molecular flexibility index (Phi) is 5.18. The molecule has 2 aromatic carbocycles. The molecule has 104 valence electrons. The molecule has 0 aliphatic heterocycles. The van der Waals surface area contributed by atoms with E-state index in [4.69, 9.17) is 4.74 Å². The van der Waals surface area contributed by atoms with Gasteiger partial charge in [-0.3, -0.25) is 4.79 Å². The van der Waals surface area contributed by atoms with Gasteiger partial charge in [-0.25, -0.2) is 0 Å². The number of para-hydroxylation sites is 1. The lowest BCUT2D eigenvalue weighted by atomic mass is 10.1. The third-order valence-electron chi connectivity index (χ3n) is 2.84. The number of nitrogens with one attached hydrogen (secondary N) is 1. The van der Waals surface area contributed by atoms with E-state index in [2.05, 4.69) is 21.2 Å². The summed E-state index contributed by atoms with van der Waals surface area (Å²) < 4.78 is 6.42. The van der Waals surface area contributed by atoms with Gasteiger partial charge in [0.15, 0.2) is 0 Å². The molecule has 0 radical (unpaired) electrons. The van der Waals surface area contributed by atoms with Gasteiger partial charge in [-0.1, -0.05) is 40.2 Å². The normalized spacial score (nSPS) is 10.1. The number of halogens is 1. The molecule has 0 aliphatic rings. The Bertz CT molecular complexity index is 584. The van der Waals surface area contributed by atoms with Gasteiger partial charge >= 0.3 is 0 Å². The number of aryl methyl sites for hydroxylation is 1. The van der Waals surface area contributed by atoms with Crippen LogP contribution in [0, 0.1) is 6.92 Å². The van der Waals surface area contributed by atoms with Gasteiger partial charge in [0.1, 0.15) is 12.4 Å². The maximum absolute atomic E-state index is 12.0. The van der Waals surface area contributed by atoms with Gasteiger partial charge in [-0.05, 0) is 36.8 Å². The van der Waals surface area contributed by atoms with E-state index in [1.165, 1.54) is 0 Å². The molecule has 2 rings (SSSR count). The lowest BCUT2D eigenvalue weighted by Gasteiger charge is -2.09. The van der Waals surface area contributed by atoms with Crippen LogP contribution in [0.5, 0.6) is 5.75 Å². The fourth-order valence-corrected chi connectivity index (χ4v) is 2.15. The molecule has 0 saturated carbocycles. The van der Waals surface area contributed by atoms with Crippen LogP contribution in [0.3, 0.4) is 0 Å². The van der Waals surface area contributed by atoms with Crippen molar-refractivity contribution in [3.05, 3.63) is 64.1 Å². The summed E-state index contributed by atoms with van der Waals surface area (Å²) in [4.78, 5) is 12.0. The van der Waals surface area contributed by atoms with Gasteiger partial charge in [0.05, 0.1) is 6.54 Å². The first-order valence-corrected chi connectivity index (χ1v) is 7.18. The number of hydrogen-bond acceptors (Lipinski definition) is 2. The molecule has 0 spiro atoms. The molecular weight excluding hydrogens is 318 g/mol. The number of amides is 1. The lowest BCUT2D eigenvalue weighted by molar-refractivity contribution is 0.0946. The summed E-state index contributed by atoms with van der Waals surface area (Å²) in [6.07, 6.45) is 0. The maximum Gasteiger partial charge on any atom is 0.251 e. The van der Waals surface area contributed by atoms with Crippen molar-refractivity contribution in [3.63, 3.8) is 0 Å². The van der Waals surface area contributed by atoms with E-state index in [9.17, 15) is 4.79 Å². The highest BCUT2D eigenvalue weighted by Crippen LogP contribution is 2.15. The van der Waals surface area contributed by atoms with Crippen molar-refractivity contribution in [3.8, 4) is 5.75 Å². The molecule has 0 saturated heterocycles. The molecule has 0 aromatic heterocycles. The minimum absolute atomic E-state index is 0.0829. The Balaban J connectivity index is 1.82. The first kappa shape index (κ1) is 14.6. The molecule has 0 fully saturated rings. The van der Waals surface area contributed by atoms with Gasteiger partial charge in [-0.15, -0.1) is 0 Å². The van der Waals surface area contributed by atoms with Crippen molar-refractivity contribution >= 4 is 21.8 Å². The molecule has 0 aliphatic carbocycles. The van der Waals surface area contributed by atoms with E-state index < -0.39 is 0 Å². The van der Waals surface area contributed by atoms with Crippen molar-refractivity contribution in [2.24, 2.45) is 0 Å². The van der Waals surface area contributed by atoms with Crippen molar-refractivity contribution in [2.75, 3.05) is 13.2 Å². The van der Waals surface area contributed by atoms with E-state index in [1.807, 2.05) is 55.5 Å². The number of rotatable bonds is 5. The molecule has 0 atom stereocenters. The first-order valence-electron chi connectivity index (χ1n) is 6.39. The Morgan fingerprint density at radius 1 is 1.20 bits per heavy atom. The van der Waals surface area contributed by atoms with Crippen LogP contribution in [0.25, 0.3) is 0 Å². The summed E-state index contributed by atoms with van der Waals surface area (Å²) in [6.45, 7) is 2.84. The van der Waals surface area contributed by atoms with Crippen LogP contribution in [0.4, 0.5) is 0 Å². The molecule has 1 amide bonds. The van der Waals surface area contributed by atoms with E-state index in [-0.39, 0.29) is 5.91 Å². The second kappa shape index (κ2) is 7.10. The Labute approximate surface area is 127 Å². The zero-order chi connectivity index (χ0) is 14.4. The zero-order valence-corrected chi connectivity index (χ0v) is 12.8. The third-order valence-corrected chi connectivity index (χ3v) is 3.34. The van der Waals surface area contributed by atoms with E-state index in [1.54, 1.807) is 0 Å². The van der Waals surface area contributed by atoms with Crippen LogP contribution in [0.2, 0.25) is 0 Å². The topological polar surface area (TPSA) is 38.3 Å². The SMILES string of the molecule is Cc1ccc(Br)cc1C(=O)NCCOc1ccccc1. The van der Waals surface area contributed by atoms with Crippen LogP contribution < -0.4 is 10.1 Å². The first-order chi connectivity index (χ1) is 9.66. The number of ether oxygens (including phenoxy) is 1. The van der Waals surface area contributed by atoms with E-state index in [0.717, 1.165) is 15.8 Å². The molecule has 20 heavy (non-hydrogen) atoms. The number of hydrogen-bond donors (Lipinski definition) is 1. The van der Waals surface area contributed by atoms with Gasteiger partial charge in [0.25, 0.3) is 5.91 Å². The van der Waals surface area contributed by atoms with Gasteiger partial charge in [0.2, 0.25) is 0 Å². The average molecular weight is 334 g/mol. The van der Waals surface area contributed by atoms with Crippen LogP contribution in [0.15, 0.2) is 53.0 Å². The number of carbonyl (C=O) groups excluding carboxylic acids is 1. The molecule has 2 aromatic rings. The molecule has 0 bridgehead atoms. The predicted molar refractivity (Wildman–Crippen MR) is 83.1 cm³/mol. The summed E-state index contributed by atoms with van der Waals surface area (Å²) in [5.74, 6) is 0.723. The van der Waals surface area contributed by atoms with Crippen molar-refractivity contribution < 1.29 is 9.53 Å². The largest absolute Gasteiger partial charge is 0.492 e. The fourth-order valence-electron chi connectivity index (χ4n) is 1.78. The smallest absolute Gasteiger partial charge is 0.251 e. The highest BCUT2D eigenvalue weighted by molar-refractivity contribution is 9.10. The standard InChI is InChI=1S/C16H16BrNO2/c1-12-7-8-13(17)11-15(12)16(19)18-9-10-20-14-5-3-2-4-6-14/h2-8,11H,9-10H2,1H3,(H,18,19). The van der Waals surface area contributed by atoms with Crippen LogP contribution in [0.1, 0.15) is 15.9 Å². The van der Waals surface area contributed by atoms with Gasteiger partial charge < -0.3 is 10.1 Å². The Morgan fingerprint density at radius 2 is 1.95 bits per heavy atom.